The molecular formula is C14H18N2O4. The lowest BCUT2D eigenvalue weighted by molar-refractivity contribution is -0.00132. The number of hydrogen-bond donors (Lipinski definition) is 3. The summed E-state index contributed by atoms with van der Waals surface area (Å²) in [7, 11) is 0. The number of likely N-dealkylation sites (tertiary alicyclic amines) is 1. The number of aliphatic hydroxyl groups excluding tert-OH is 1. The molecule has 108 valence electrons. The maximum Gasteiger partial charge on any atom is 0.432 e. The van der Waals surface area contributed by atoms with Crippen molar-refractivity contribution in [1.82, 2.24) is 10.4 Å². The molecule has 0 unspecified atom stereocenters. The molecule has 20 heavy (non-hydrogen) atoms. The van der Waals surface area contributed by atoms with Gasteiger partial charge in [0.2, 0.25) is 0 Å². The number of aliphatic hydroxyl groups is 1. The minimum Gasteiger partial charge on any atom is -0.429 e. The number of hydroxylamine groups is 1. The highest BCUT2D eigenvalue weighted by molar-refractivity contribution is 5.65. The molecule has 0 aliphatic carbocycles. The Balaban J connectivity index is 1.90. The first-order valence-electron chi connectivity index (χ1n) is 6.43. The summed E-state index contributed by atoms with van der Waals surface area (Å²) in [5.74, 6) is 0. The standard InChI is InChI=1S/C14H18N2O4/c17-12-9-13(20-14(18)15-19)16(10-12)8-4-7-11-5-2-1-3-6-11/h1-7,12-13,17,19H,8-10H2,(H,15,18)/b7-4+/t12-,13-/m1/s1. The first-order chi connectivity index (χ1) is 9.69. The van der Waals surface area contributed by atoms with E-state index in [0.717, 1.165) is 5.56 Å². The molecule has 3 N–H and O–H groups in total. The van der Waals surface area contributed by atoms with E-state index in [9.17, 15) is 9.90 Å². The molecule has 6 nitrogen and oxygen atoms in total. The van der Waals surface area contributed by atoms with Gasteiger partial charge in [-0.05, 0) is 5.56 Å². The predicted octanol–water partition coefficient (Wildman–Crippen LogP) is 1.21. The van der Waals surface area contributed by atoms with E-state index in [4.69, 9.17) is 9.94 Å². The first kappa shape index (κ1) is 14.5. The predicted molar refractivity (Wildman–Crippen MR) is 72.9 cm³/mol. The minimum absolute atomic E-state index is 0.340. The summed E-state index contributed by atoms with van der Waals surface area (Å²) in [6.07, 6.45) is 2.27. The highest BCUT2D eigenvalue weighted by Gasteiger charge is 2.32. The van der Waals surface area contributed by atoms with Gasteiger partial charge in [0.05, 0.1) is 6.10 Å². The molecule has 0 spiro atoms. The number of nitrogens with zero attached hydrogens (tertiary/aromatic N) is 1. The summed E-state index contributed by atoms with van der Waals surface area (Å²) < 4.78 is 4.98. The van der Waals surface area contributed by atoms with Crippen molar-refractivity contribution in [2.24, 2.45) is 0 Å². The van der Waals surface area contributed by atoms with Crippen LogP contribution in [0.4, 0.5) is 4.79 Å². The first-order valence-corrected chi connectivity index (χ1v) is 6.43. The van der Waals surface area contributed by atoms with Crippen molar-refractivity contribution in [2.75, 3.05) is 13.1 Å². The molecule has 1 aromatic rings. The Morgan fingerprint density at radius 2 is 2.20 bits per heavy atom. The number of benzene rings is 1. The van der Waals surface area contributed by atoms with Crippen molar-refractivity contribution in [3.63, 3.8) is 0 Å². The van der Waals surface area contributed by atoms with Gasteiger partial charge in [-0.15, -0.1) is 0 Å². The second kappa shape index (κ2) is 7.04. The Hall–Kier alpha value is -1.89. The van der Waals surface area contributed by atoms with Gasteiger partial charge in [0, 0.05) is 19.5 Å². The van der Waals surface area contributed by atoms with E-state index in [-0.39, 0.29) is 0 Å². The van der Waals surface area contributed by atoms with Gasteiger partial charge in [-0.2, -0.15) is 0 Å². The quantitative estimate of drug-likeness (QED) is 0.569. The topological polar surface area (TPSA) is 82.0 Å². The van der Waals surface area contributed by atoms with Crippen molar-refractivity contribution in [3.8, 4) is 0 Å². The summed E-state index contributed by atoms with van der Waals surface area (Å²) in [5, 5.41) is 18.1. The number of carbonyl (C=O) groups excluding carboxylic acids is 1. The van der Waals surface area contributed by atoms with Gasteiger partial charge in [0.1, 0.15) is 0 Å². The average Bonchev–Trinajstić information content (AvgIpc) is 2.80. The van der Waals surface area contributed by atoms with E-state index in [1.165, 1.54) is 5.48 Å². The smallest absolute Gasteiger partial charge is 0.429 e. The third-order valence-electron chi connectivity index (χ3n) is 3.11. The molecule has 2 atom stereocenters. The lowest BCUT2D eigenvalue weighted by atomic mass is 10.2. The van der Waals surface area contributed by atoms with Crippen LogP contribution >= 0.6 is 0 Å². The zero-order chi connectivity index (χ0) is 14.4. The Labute approximate surface area is 117 Å². The molecule has 1 amide bonds. The van der Waals surface area contributed by atoms with E-state index in [1.807, 2.05) is 47.4 Å². The van der Waals surface area contributed by atoms with Crippen molar-refractivity contribution in [3.05, 3.63) is 42.0 Å². The van der Waals surface area contributed by atoms with Crippen LogP contribution in [-0.2, 0) is 4.74 Å². The lowest BCUT2D eigenvalue weighted by Gasteiger charge is -2.21. The fourth-order valence-corrected chi connectivity index (χ4v) is 2.20. The Kier molecular flexibility index (Phi) is 5.11. The minimum atomic E-state index is -0.916. The van der Waals surface area contributed by atoms with Crippen LogP contribution < -0.4 is 5.48 Å². The second-order valence-corrected chi connectivity index (χ2v) is 4.63. The van der Waals surface area contributed by atoms with Gasteiger partial charge >= 0.3 is 6.09 Å². The fraction of sp³-hybridized carbons (Fsp3) is 0.357. The molecule has 2 rings (SSSR count). The Morgan fingerprint density at radius 1 is 1.45 bits per heavy atom. The highest BCUT2D eigenvalue weighted by atomic mass is 16.6. The fourth-order valence-electron chi connectivity index (χ4n) is 2.20. The summed E-state index contributed by atoms with van der Waals surface area (Å²) >= 11 is 0. The molecule has 1 aromatic carbocycles. The van der Waals surface area contributed by atoms with Crippen LogP contribution in [0, 0.1) is 0 Å². The number of carbonyl (C=O) groups is 1. The van der Waals surface area contributed by atoms with Crippen molar-refractivity contribution >= 4 is 12.2 Å². The zero-order valence-corrected chi connectivity index (χ0v) is 11.0. The van der Waals surface area contributed by atoms with Crippen LogP contribution in [-0.4, -0.2) is 46.7 Å². The van der Waals surface area contributed by atoms with Gasteiger partial charge in [-0.25, -0.2) is 10.3 Å². The molecule has 0 bridgehead atoms. The zero-order valence-electron chi connectivity index (χ0n) is 11.0. The molecule has 1 heterocycles. The molecule has 1 aliphatic heterocycles. The van der Waals surface area contributed by atoms with Gasteiger partial charge in [0.25, 0.3) is 0 Å². The third kappa shape index (κ3) is 4.06. The van der Waals surface area contributed by atoms with Gasteiger partial charge in [-0.3, -0.25) is 10.1 Å². The SMILES string of the molecule is O=C(NO)O[C@@H]1C[C@@H](O)CN1C/C=C/c1ccccc1. The van der Waals surface area contributed by atoms with Crippen LogP contribution in [0.2, 0.25) is 0 Å². The van der Waals surface area contributed by atoms with E-state index in [2.05, 4.69) is 0 Å². The Bertz CT molecular complexity index is 464. The molecule has 0 saturated carbocycles. The number of hydrogen-bond acceptors (Lipinski definition) is 5. The third-order valence-corrected chi connectivity index (χ3v) is 3.11. The number of ether oxygens (including phenoxy) is 1. The number of amides is 1. The summed E-state index contributed by atoms with van der Waals surface area (Å²) in [6, 6.07) is 9.84. The Morgan fingerprint density at radius 3 is 2.90 bits per heavy atom. The molecule has 0 aromatic heterocycles. The maximum atomic E-state index is 11.0. The highest BCUT2D eigenvalue weighted by Crippen LogP contribution is 2.19. The summed E-state index contributed by atoms with van der Waals surface area (Å²) in [6.45, 7) is 0.984. The average molecular weight is 278 g/mol. The van der Waals surface area contributed by atoms with Crippen molar-refractivity contribution in [1.29, 1.82) is 0 Å². The normalized spacial score (nSPS) is 23.1. The molecule has 1 saturated heterocycles. The number of nitrogens with one attached hydrogen (secondary N) is 1. The summed E-state index contributed by atoms with van der Waals surface area (Å²) in [5.41, 5.74) is 2.50. The van der Waals surface area contributed by atoms with Crippen LogP contribution in [0.5, 0.6) is 0 Å². The number of rotatable bonds is 4. The van der Waals surface area contributed by atoms with Gasteiger partial charge in [-0.1, -0.05) is 42.5 Å². The van der Waals surface area contributed by atoms with Crippen LogP contribution in [0.25, 0.3) is 6.08 Å². The molecule has 6 heteroatoms. The molecule has 1 aliphatic rings. The lowest BCUT2D eigenvalue weighted by Crippen LogP contribution is -2.36. The van der Waals surface area contributed by atoms with Crippen LogP contribution in [0.3, 0.4) is 0 Å². The van der Waals surface area contributed by atoms with Crippen molar-refractivity contribution in [2.45, 2.75) is 18.8 Å². The molecule has 1 fully saturated rings. The van der Waals surface area contributed by atoms with Gasteiger partial charge < -0.3 is 9.84 Å². The number of β-amino-alcohol motifs (C(OH)–C–C–N with tert-alkyl or cyclic N) is 1. The molecular weight excluding hydrogens is 260 g/mol. The second-order valence-electron chi connectivity index (χ2n) is 4.63. The van der Waals surface area contributed by atoms with Crippen molar-refractivity contribution < 1.29 is 19.8 Å². The largest absolute Gasteiger partial charge is 0.432 e. The van der Waals surface area contributed by atoms with Crippen LogP contribution in [0.15, 0.2) is 36.4 Å². The summed E-state index contributed by atoms with van der Waals surface area (Å²) in [4.78, 5) is 12.8. The van der Waals surface area contributed by atoms with E-state index < -0.39 is 18.4 Å². The maximum absolute atomic E-state index is 11.0. The van der Waals surface area contributed by atoms with E-state index in [1.54, 1.807) is 0 Å². The van der Waals surface area contributed by atoms with Crippen LogP contribution in [0.1, 0.15) is 12.0 Å². The molecule has 0 radical (unpaired) electrons. The van der Waals surface area contributed by atoms with E-state index >= 15 is 0 Å². The monoisotopic (exact) mass is 278 g/mol. The van der Waals surface area contributed by atoms with E-state index in [0.29, 0.717) is 19.5 Å². The van der Waals surface area contributed by atoms with Gasteiger partial charge in [0.15, 0.2) is 6.23 Å².